The Morgan fingerprint density at radius 3 is 2.70 bits per heavy atom. The number of aromatic nitrogens is 1. The summed E-state index contributed by atoms with van der Waals surface area (Å²) in [5.74, 6) is 5.13. The maximum Gasteiger partial charge on any atom is 0.259 e. The van der Waals surface area contributed by atoms with E-state index in [0.29, 0.717) is 22.0 Å². The van der Waals surface area contributed by atoms with Crippen molar-refractivity contribution in [3.05, 3.63) is 52.3 Å². The number of anilines is 2. The standard InChI is InChI=1S/C14H15ClN4O/c1-8-3-4-10(15)6-12(8)18-14(20)11-7-17-9(2)5-13(11)19-16/h3-7H,16H2,1-2H3,(H,17,19)(H,18,20). The van der Waals surface area contributed by atoms with Crippen molar-refractivity contribution in [1.82, 2.24) is 4.98 Å². The van der Waals surface area contributed by atoms with Crippen LogP contribution in [0.25, 0.3) is 0 Å². The van der Waals surface area contributed by atoms with Crippen LogP contribution >= 0.6 is 11.6 Å². The molecule has 0 radical (unpaired) electrons. The first kappa shape index (κ1) is 14.3. The van der Waals surface area contributed by atoms with Crippen molar-refractivity contribution in [2.24, 2.45) is 5.84 Å². The average Bonchev–Trinajstić information content (AvgIpc) is 2.42. The van der Waals surface area contributed by atoms with Crippen molar-refractivity contribution in [1.29, 1.82) is 0 Å². The van der Waals surface area contributed by atoms with Crippen molar-refractivity contribution in [2.75, 3.05) is 10.7 Å². The Hall–Kier alpha value is -2.11. The zero-order chi connectivity index (χ0) is 14.7. The summed E-state index contributed by atoms with van der Waals surface area (Å²) < 4.78 is 0. The Balaban J connectivity index is 2.30. The van der Waals surface area contributed by atoms with Gasteiger partial charge in [-0.3, -0.25) is 15.6 Å². The van der Waals surface area contributed by atoms with Gasteiger partial charge in [-0.2, -0.15) is 0 Å². The Bertz CT molecular complexity index is 658. The monoisotopic (exact) mass is 290 g/mol. The molecule has 20 heavy (non-hydrogen) atoms. The molecule has 1 aromatic heterocycles. The fraction of sp³-hybridized carbons (Fsp3) is 0.143. The van der Waals surface area contributed by atoms with Gasteiger partial charge in [0, 0.05) is 22.6 Å². The van der Waals surface area contributed by atoms with Crippen molar-refractivity contribution in [2.45, 2.75) is 13.8 Å². The second-order valence-electron chi connectivity index (χ2n) is 4.43. The minimum atomic E-state index is -0.296. The third-order valence-electron chi connectivity index (χ3n) is 2.89. The van der Waals surface area contributed by atoms with E-state index in [1.165, 1.54) is 6.20 Å². The van der Waals surface area contributed by atoms with Crippen molar-refractivity contribution in [3.63, 3.8) is 0 Å². The molecule has 0 atom stereocenters. The summed E-state index contributed by atoms with van der Waals surface area (Å²) in [6, 6.07) is 7.02. The van der Waals surface area contributed by atoms with Gasteiger partial charge in [-0.15, -0.1) is 0 Å². The van der Waals surface area contributed by atoms with Crippen LogP contribution in [0.4, 0.5) is 11.4 Å². The highest BCUT2D eigenvalue weighted by Gasteiger charge is 2.13. The molecule has 104 valence electrons. The van der Waals surface area contributed by atoms with E-state index in [4.69, 9.17) is 17.4 Å². The van der Waals surface area contributed by atoms with Crippen molar-refractivity contribution >= 4 is 28.9 Å². The number of amides is 1. The van der Waals surface area contributed by atoms with Crippen LogP contribution in [0.3, 0.4) is 0 Å². The maximum absolute atomic E-state index is 12.3. The Kier molecular flexibility index (Phi) is 4.22. The number of rotatable bonds is 3. The number of hydrogen-bond donors (Lipinski definition) is 3. The minimum Gasteiger partial charge on any atom is -0.323 e. The highest BCUT2D eigenvalue weighted by molar-refractivity contribution is 6.31. The third kappa shape index (κ3) is 3.07. The Labute approximate surface area is 122 Å². The minimum absolute atomic E-state index is 0.296. The first-order valence-corrected chi connectivity index (χ1v) is 6.40. The topological polar surface area (TPSA) is 80.0 Å². The van der Waals surface area contributed by atoms with Gasteiger partial charge in [0.2, 0.25) is 0 Å². The number of carbonyl (C=O) groups is 1. The fourth-order valence-corrected chi connectivity index (χ4v) is 1.95. The lowest BCUT2D eigenvalue weighted by Crippen LogP contribution is -2.18. The summed E-state index contributed by atoms with van der Waals surface area (Å²) in [6.45, 7) is 3.71. The molecule has 0 aliphatic heterocycles. The molecule has 0 bridgehead atoms. The largest absolute Gasteiger partial charge is 0.323 e. The molecule has 1 aromatic carbocycles. The molecule has 0 saturated carbocycles. The van der Waals surface area contributed by atoms with Gasteiger partial charge in [0.1, 0.15) is 0 Å². The van der Waals surface area contributed by atoms with Gasteiger partial charge in [-0.1, -0.05) is 17.7 Å². The van der Waals surface area contributed by atoms with Gasteiger partial charge in [0.05, 0.1) is 11.3 Å². The number of benzene rings is 1. The second-order valence-corrected chi connectivity index (χ2v) is 4.87. The normalized spacial score (nSPS) is 10.2. The van der Waals surface area contributed by atoms with Crippen LogP contribution in [0.5, 0.6) is 0 Å². The lowest BCUT2D eigenvalue weighted by atomic mass is 10.1. The molecule has 2 rings (SSSR count). The number of hydrazine groups is 1. The summed E-state index contributed by atoms with van der Waals surface area (Å²) >= 11 is 5.93. The molecule has 0 saturated heterocycles. The van der Waals surface area contributed by atoms with Crippen LogP contribution in [0.2, 0.25) is 5.02 Å². The molecule has 1 heterocycles. The molecule has 5 nitrogen and oxygen atoms in total. The van der Waals surface area contributed by atoms with Crippen molar-refractivity contribution in [3.8, 4) is 0 Å². The number of pyridine rings is 1. The number of nitrogens with one attached hydrogen (secondary N) is 2. The molecule has 1 amide bonds. The highest BCUT2D eigenvalue weighted by Crippen LogP contribution is 2.22. The lowest BCUT2D eigenvalue weighted by molar-refractivity contribution is 0.102. The van der Waals surface area contributed by atoms with Crippen LogP contribution < -0.4 is 16.6 Å². The fourth-order valence-electron chi connectivity index (χ4n) is 1.78. The summed E-state index contributed by atoms with van der Waals surface area (Å²) in [5, 5.41) is 3.36. The lowest BCUT2D eigenvalue weighted by Gasteiger charge is -2.12. The molecule has 0 aliphatic rings. The summed E-state index contributed by atoms with van der Waals surface area (Å²) in [6.07, 6.45) is 1.49. The number of aryl methyl sites for hydroxylation is 2. The summed E-state index contributed by atoms with van der Waals surface area (Å²) in [7, 11) is 0. The van der Waals surface area contributed by atoms with Gasteiger partial charge in [0.25, 0.3) is 5.91 Å². The first-order valence-electron chi connectivity index (χ1n) is 6.02. The zero-order valence-corrected chi connectivity index (χ0v) is 12.0. The quantitative estimate of drug-likeness (QED) is 0.600. The van der Waals surface area contributed by atoms with E-state index in [1.807, 2.05) is 19.9 Å². The van der Waals surface area contributed by atoms with E-state index < -0.39 is 0 Å². The number of hydrogen-bond acceptors (Lipinski definition) is 4. The number of halogens is 1. The molecular weight excluding hydrogens is 276 g/mol. The predicted octanol–water partition coefficient (Wildman–Crippen LogP) is 2.89. The summed E-state index contributed by atoms with van der Waals surface area (Å²) in [4.78, 5) is 16.4. The van der Waals surface area contributed by atoms with Gasteiger partial charge in [-0.05, 0) is 37.6 Å². The highest BCUT2D eigenvalue weighted by atomic mass is 35.5. The molecule has 0 unspecified atom stereocenters. The average molecular weight is 291 g/mol. The van der Waals surface area contributed by atoms with E-state index in [1.54, 1.807) is 18.2 Å². The molecule has 2 aromatic rings. The maximum atomic E-state index is 12.3. The van der Waals surface area contributed by atoms with Crippen LogP contribution in [0.1, 0.15) is 21.6 Å². The van der Waals surface area contributed by atoms with E-state index >= 15 is 0 Å². The van der Waals surface area contributed by atoms with Crippen molar-refractivity contribution < 1.29 is 4.79 Å². The number of nitrogens with two attached hydrogens (primary N) is 1. The van der Waals surface area contributed by atoms with E-state index in [-0.39, 0.29) is 5.91 Å². The van der Waals surface area contributed by atoms with Gasteiger partial charge in [0.15, 0.2) is 0 Å². The number of carbonyl (C=O) groups excluding carboxylic acids is 1. The smallest absolute Gasteiger partial charge is 0.259 e. The SMILES string of the molecule is Cc1cc(NN)c(C(=O)Nc2cc(Cl)ccc2C)cn1. The number of nitrogen functional groups attached to an aromatic ring is 1. The van der Waals surface area contributed by atoms with Crippen LogP contribution in [0.15, 0.2) is 30.5 Å². The van der Waals surface area contributed by atoms with Crippen LogP contribution in [-0.2, 0) is 0 Å². The molecule has 0 spiro atoms. The van der Waals surface area contributed by atoms with E-state index in [2.05, 4.69) is 15.7 Å². The van der Waals surface area contributed by atoms with E-state index in [0.717, 1.165) is 11.3 Å². The van der Waals surface area contributed by atoms with E-state index in [9.17, 15) is 4.79 Å². The predicted molar refractivity (Wildman–Crippen MR) is 80.9 cm³/mol. The third-order valence-corrected chi connectivity index (χ3v) is 3.12. The van der Waals surface area contributed by atoms with Crippen LogP contribution in [0, 0.1) is 13.8 Å². The van der Waals surface area contributed by atoms with Gasteiger partial charge < -0.3 is 10.7 Å². The Morgan fingerprint density at radius 2 is 2.00 bits per heavy atom. The number of nitrogens with zero attached hydrogens (tertiary/aromatic N) is 1. The molecular formula is C14H15ClN4O. The molecule has 0 aliphatic carbocycles. The van der Waals surface area contributed by atoms with Gasteiger partial charge in [-0.25, -0.2) is 0 Å². The molecule has 0 fully saturated rings. The molecule has 6 heteroatoms. The zero-order valence-electron chi connectivity index (χ0n) is 11.2. The van der Waals surface area contributed by atoms with Gasteiger partial charge >= 0.3 is 0 Å². The molecule has 4 N–H and O–H groups in total. The second kappa shape index (κ2) is 5.90. The Morgan fingerprint density at radius 1 is 1.25 bits per heavy atom. The first-order chi connectivity index (χ1) is 9.51. The van der Waals surface area contributed by atoms with Crippen LogP contribution in [-0.4, -0.2) is 10.9 Å². The summed E-state index contributed by atoms with van der Waals surface area (Å²) in [5.41, 5.74) is 5.75.